The van der Waals surface area contributed by atoms with Crippen LogP contribution in [0.2, 0.25) is 0 Å². The van der Waals surface area contributed by atoms with Gasteiger partial charge in [-0.1, -0.05) is 6.07 Å². The lowest BCUT2D eigenvalue weighted by Gasteiger charge is -2.12. The summed E-state index contributed by atoms with van der Waals surface area (Å²) in [5, 5.41) is 10.8. The molecule has 1 aliphatic rings. The molecule has 0 saturated carbocycles. The SMILES string of the molecule is CC(=O)OCCN1C(=O)c2ccc(Oc3cccc([N+](=O)[O-])c3)cc2C1=O. The molecule has 0 saturated heterocycles. The molecular formula is C18H14N2O7. The van der Waals surface area contributed by atoms with Crippen molar-refractivity contribution in [2.24, 2.45) is 0 Å². The predicted molar refractivity (Wildman–Crippen MR) is 91.6 cm³/mol. The molecule has 0 atom stereocenters. The molecule has 0 spiro atoms. The van der Waals surface area contributed by atoms with Crippen LogP contribution in [0, 0.1) is 10.1 Å². The Labute approximate surface area is 153 Å². The maximum atomic E-state index is 12.5. The molecule has 0 unspecified atom stereocenters. The summed E-state index contributed by atoms with van der Waals surface area (Å²) in [6.45, 7) is 1.10. The molecule has 27 heavy (non-hydrogen) atoms. The van der Waals surface area contributed by atoms with Gasteiger partial charge in [0.05, 0.1) is 28.7 Å². The quantitative estimate of drug-likeness (QED) is 0.332. The first-order chi connectivity index (χ1) is 12.9. The van der Waals surface area contributed by atoms with Crippen molar-refractivity contribution in [1.82, 2.24) is 4.90 Å². The van der Waals surface area contributed by atoms with E-state index in [0.717, 1.165) is 4.90 Å². The fourth-order valence-electron chi connectivity index (χ4n) is 2.61. The van der Waals surface area contributed by atoms with Crippen molar-refractivity contribution < 1.29 is 28.8 Å². The number of nitro benzene ring substituents is 1. The van der Waals surface area contributed by atoms with Gasteiger partial charge in [-0.15, -0.1) is 0 Å². The molecule has 0 fully saturated rings. The third kappa shape index (κ3) is 3.76. The number of carbonyl (C=O) groups excluding carboxylic acids is 3. The second-order valence-electron chi connectivity index (χ2n) is 5.67. The minimum absolute atomic E-state index is 0.0486. The van der Waals surface area contributed by atoms with E-state index in [1.807, 2.05) is 0 Å². The van der Waals surface area contributed by atoms with E-state index in [4.69, 9.17) is 9.47 Å². The third-order valence-corrected chi connectivity index (χ3v) is 3.83. The number of hydrogen-bond acceptors (Lipinski definition) is 7. The van der Waals surface area contributed by atoms with Crippen molar-refractivity contribution in [1.29, 1.82) is 0 Å². The molecule has 2 aromatic carbocycles. The summed E-state index contributed by atoms with van der Waals surface area (Å²) in [4.78, 5) is 46.9. The number of fused-ring (bicyclic) bond motifs is 1. The van der Waals surface area contributed by atoms with Gasteiger partial charge < -0.3 is 9.47 Å². The normalized spacial score (nSPS) is 12.7. The zero-order chi connectivity index (χ0) is 19.6. The van der Waals surface area contributed by atoms with Crippen LogP contribution in [-0.2, 0) is 9.53 Å². The molecule has 1 aliphatic heterocycles. The number of ether oxygens (including phenoxy) is 2. The standard InChI is InChI=1S/C18H14N2O7/c1-11(21)26-8-7-19-17(22)15-6-5-14(10-16(15)18(19)23)27-13-4-2-3-12(9-13)20(24)25/h2-6,9-10H,7-8H2,1H3. The van der Waals surface area contributed by atoms with Crippen LogP contribution >= 0.6 is 0 Å². The highest BCUT2D eigenvalue weighted by Gasteiger charge is 2.35. The molecule has 0 aromatic heterocycles. The first kappa shape index (κ1) is 18.1. The second-order valence-corrected chi connectivity index (χ2v) is 5.67. The number of amides is 2. The number of rotatable bonds is 6. The van der Waals surface area contributed by atoms with Gasteiger partial charge in [0, 0.05) is 13.0 Å². The van der Waals surface area contributed by atoms with Crippen LogP contribution in [0.4, 0.5) is 5.69 Å². The van der Waals surface area contributed by atoms with E-state index in [1.165, 1.54) is 43.3 Å². The second kappa shape index (κ2) is 7.24. The Kier molecular flexibility index (Phi) is 4.84. The van der Waals surface area contributed by atoms with Gasteiger partial charge in [0.25, 0.3) is 17.5 Å². The highest BCUT2D eigenvalue weighted by Crippen LogP contribution is 2.30. The van der Waals surface area contributed by atoms with Crippen LogP contribution in [0.1, 0.15) is 27.6 Å². The van der Waals surface area contributed by atoms with E-state index in [2.05, 4.69) is 0 Å². The van der Waals surface area contributed by atoms with E-state index in [-0.39, 0.29) is 41.5 Å². The van der Waals surface area contributed by atoms with Crippen molar-refractivity contribution >= 4 is 23.5 Å². The number of esters is 1. The van der Waals surface area contributed by atoms with Crippen molar-refractivity contribution in [2.45, 2.75) is 6.92 Å². The molecule has 9 nitrogen and oxygen atoms in total. The molecule has 0 aliphatic carbocycles. The average Bonchev–Trinajstić information content (AvgIpc) is 2.86. The van der Waals surface area contributed by atoms with E-state index in [9.17, 15) is 24.5 Å². The number of benzene rings is 2. The van der Waals surface area contributed by atoms with Crippen molar-refractivity contribution in [3.05, 3.63) is 63.7 Å². The van der Waals surface area contributed by atoms with Gasteiger partial charge in [-0.2, -0.15) is 0 Å². The molecule has 0 bridgehead atoms. The van der Waals surface area contributed by atoms with Crippen molar-refractivity contribution in [3.8, 4) is 11.5 Å². The number of imide groups is 1. The largest absolute Gasteiger partial charge is 0.464 e. The fraction of sp³-hybridized carbons (Fsp3) is 0.167. The van der Waals surface area contributed by atoms with Crippen LogP contribution in [-0.4, -0.2) is 40.8 Å². The Morgan fingerprint density at radius 1 is 1.07 bits per heavy atom. The Bertz CT molecular complexity index is 954. The van der Waals surface area contributed by atoms with E-state index in [0.29, 0.717) is 0 Å². The van der Waals surface area contributed by atoms with Gasteiger partial charge in [0.1, 0.15) is 18.1 Å². The zero-order valence-corrected chi connectivity index (χ0v) is 14.2. The smallest absolute Gasteiger partial charge is 0.302 e. The van der Waals surface area contributed by atoms with Crippen molar-refractivity contribution in [2.75, 3.05) is 13.2 Å². The number of non-ortho nitro benzene ring substituents is 1. The van der Waals surface area contributed by atoms with Gasteiger partial charge in [-0.05, 0) is 24.3 Å². The molecule has 2 aromatic rings. The topological polar surface area (TPSA) is 116 Å². The number of hydrogen-bond donors (Lipinski definition) is 0. The lowest BCUT2D eigenvalue weighted by atomic mass is 10.1. The summed E-state index contributed by atoms with van der Waals surface area (Å²) in [6.07, 6.45) is 0. The highest BCUT2D eigenvalue weighted by molar-refractivity contribution is 6.21. The fourth-order valence-corrected chi connectivity index (χ4v) is 2.61. The van der Waals surface area contributed by atoms with Gasteiger partial charge in [0.15, 0.2) is 0 Å². The van der Waals surface area contributed by atoms with E-state index < -0.39 is 22.7 Å². The minimum Gasteiger partial charge on any atom is -0.464 e. The molecule has 3 rings (SSSR count). The molecule has 138 valence electrons. The lowest BCUT2D eigenvalue weighted by Crippen LogP contribution is -2.33. The summed E-state index contributed by atoms with van der Waals surface area (Å²) >= 11 is 0. The minimum atomic E-state index is -0.543. The van der Waals surface area contributed by atoms with Crippen LogP contribution in [0.5, 0.6) is 11.5 Å². The van der Waals surface area contributed by atoms with Crippen LogP contribution in [0.3, 0.4) is 0 Å². The molecule has 2 amide bonds. The lowest BCUT2D eigenvalue weighted by molar-refractivity contribution is -0.384. The molecular weight excluding hydrogens is 356 g/mol. The van der Waals surface area contributed by atoms with Gasteiger partial charge in [-0.3, -0.25) is 29.4 Å². The number of carbonyl (C=O) groups is 3. The first-order valence-corrected chi connectivity index (χ1v) is 7.93. The third-order valence-electron chi connectivity index (χ3n) is 3.83. The maximum Gasteiger partial charge on any atom is 0.302 e. The van der Waals surface area contributed by atoms with Crippen LogP contribution in [0.15, 0.2) is 42.5 Å². The first-order valence-electron chi connectivity index (χ1n) is 7.93. The summed E-state index contributed by atoms with van der Waals surface area (Å²) in [5.41, 5.74) is 0.247. The Balaban J connectivity index is 1.78. The highest BCUT2D eigenvalue weighted by atomic mass is 16.6. The van der Waals surface area contributed by atoms with Crippen LogP contribution in [0.25, 0.3) is 0 Å². The zero-order valence-electron chi connectivity index (χ0n) is 14.2. The van der Waals surface area contributed by atoms with E-state index in [1.54, 1.807) is 6.07 Å². The van der Waals surface area contributed by atoms with Crippen LogP contribution < -0.4 is 4.74 Å². The summed E-state index contributed by atoms with van der Waals surface area (Å²) < 4.78 is 10.3. The summed E-state index contributed by atoms with van der Waals surface area (Å²) in [6, 6.07) is 9.96. The monoisotopic (exact) mass is 370 g/mol. The Hall–Kier alpha value is -3.75. The maximum absolute atomic E-state index is 12.5. The van der Waals surface area contributed by atoms with Gasteiger partial charge >= 0.3 is 5.97 Å². The molecule has 1 heterocycles. The van der Waals surface area contributed by atoms with Gasteiger partial charge in [-0.25, -0.2) is 0 Å². The molecule has 9 heteroatoms. The average molecular weight is 370 g/mol. The molecule has 0 N–H and O–H groups in total. The number of nitro groups is 1. The summed E-state index contributed by atoms with van der Waals surface area (Å²) in [7, 11) is 0. The van der Waals surface area contributed by atoms with Gasteiger partial charge in [0.2, 0.25) is 0 Å². The molecule has 0 radical (unpaired) electrons. The Morgan fingerprint density at radius 3 is 2.48 bits per heavy atom. The predicted octanol–water partition coefficient (Wildman–Crippen LogP) is 2.55. The van der Waals surface area contributed by atoms with E-state index >= 15 is 0 Å². The Morgan fingerprint density at radius 2 is 1.78 bits per heavy atom. The number of nitrogens with zero attached hydrogens (tertiary/aromatic N) is 2. The van der Waals surface area contributed by atoms with Crippen molar-refractivity contribution in [3.63, 3.8) is 0 Å². The summed E-state index contributed by atoms with van der Waals surface area (Å²) in [5.74, 6) is -1.01.